The van der Waals surface area contributed by atoms with Gasteiger partial charge in [-0.15, -0.1) is 0 Å². The lowest BCUT2D eigenvalue weighted by Gasteiger charge is -2.16. The second-order valence-electron chi connectivity index (χ2n) is 3.63. The van der Waals surface area contributed by atoms with Gasteiger partial charge in [-0.25, -0.2) is 13.8 Å². The second-order valence-corrected chi connectivity index (χ2v) is 3.63. The zero-order valence-electron chi connectivity index (χ0n) is 9.75. The lowest BCUT2D eigenvalue weighted by molar-refractivity contribution is 0.144. The molecule has 1 aromatic rings. The summed E-state index contributed by atoms with van der Waals surface area (Å²) in [6.45, 7) is 3.84. The zero-order valence-corrected chi connectivity index (χ0v) is 9.75. The Morgan fingerprint density at radius 1 is 1.19 bits per heavy atom. The van der Waals surface area contributed by atoms with E-state index < -0.39 is 6.43 Å². The number of methoxy groups -OCH3 is 2. The average Bonchev–Trinajstić information content (AvgIpc) is 2.26. The molecule has 90 valence electrons. The standard InChI is InChI=1S/C11H15F2NO2/c1-6(2)9-8(15-3)5-7(10(12)13)14-11(9)16-4/h5-6,10H,1-4H3. The van der Waals surface area contributed by atoms with Gasteiger partial charge in [-0.3, -0.25) is 0 Å². The van der Waals surface area contributed by atoms with Crippen LogP contribution in [0.2, 0.25) is 0 Å². The smallest absolute Gasteiger partial charge is 0.280 e. The molecular formula is C11H15F2NO2. The topological polar surface area (TPSA) is 31.4 Å². The Kier molecular flexibility index (Phi) is 4.04. The highest BCUT2D eigenvalue weighted by Crippen LogP contribution is 2.36. The predicted molar refractivity (Wildman–Crippen MR) is 56.4 cm³/mol. The fourth-order valence-corrected chi connectivity index (χ4v) is 1.49. The van der Waals surface area contributed by atoms with Gasteiger partial charge in [0.1, 0.15) is 11.4 Å². The molecule has 5 heteroatoms. The SMILES string of the molecule is COc1cc(C(F)F)nc(OC)c1C(C)C. The fraction of sp³-hybridized carbons (Fsp3) is 0.545. The average molecular weight is 231 g/mol. The third kappa shape index (κ3) is 2.40. The van der Waals surface area contributed by atoms with Crippen LogP contribution in [-0.4, -0.2) is 19.2 Å². The summed E-state index contributed by atoms with van der Waals surface area (Å²) in [6.07, 6.45) is -2.64. The highest BCUT2D eigenvalue weighted by molar-refractivity contribution is 5.44. The molecule has 1 aromatic heterocycles. The summed E-state index contributed by atoms with van der Waals surface area (Å²) in [5.74, 6) is 0.672. The van der Waals surface area contributed by atoms with E-state index in [0.717, 1.165) is 0 Å². The van der Waals surface area contributed by atoms with Crippen LogP contribution in [0.3, 0.4) is 0 Å². The van der Waals surface area contributed by atoms with Gasteiger partial charge < -0.3 is 9.47 Å². The third-order valence-corrected chi connectivity index (χ3v) is 2.22. The first-order chi connectivity index (χ1) is 7.51. The molecule has 0 fully saturated rings. The number of aromatic nitrogens is 1. The van der Waals surface area contributed by atoms with E-state index >= 15 is 0 Å². The van der Waals surface area contributed by atoms with Crippen LogP contribution in [-0.2, 0) is 0 Å². The van der Waals surface area contributed by atoms with Crippen LogP contribution in [0.4, 0.5) is 8.78 Å². The van der Waals surface area contributed by atoms with Crippen LogP contribution < -0.4 is 9.47 Å². The molecule has 1 heterocycles. The molecule has 0 amide bonds. The summed E-state index contributed by atoms with van der Waals surface area (Å²) in [5, 5.41) is 0. The molecule has 0 saturated carbocycles. The molecule has 0 aliphatic carbocycles. The van der Waals surface area contributed by atoms with E-state index in [-0.39, 0.29) is 17.5 Å². The van der Waals surface area contributed by atoms with Crippen molar-refractivity contribution in [2.75, 3.05) is 14.2 Å². The van der Waals surface area contributed by atoms with Crippen molar-refractivity contribution < 1.29 is 18.3 Å². The molecule has 0 aliphatic heterocycles. The van der Waals surface area contributed by atoms with Crippen molar-refractivity contribution in [1.29, 1.82) is 0 Å². The molecule has 0 aromatic carbocycles. The Hall–Kier alpha value is -1.39. The number of halogens is 2. The maximum absolute atomic E-state index is 12.6. The van der Waals surface area contributed by atoms with E-state index in [0.29, 0.717) is 11.3 Å². The van der Waals surface area contributed by atoms with Crippen molar-refractivity contribution in [1.82, 2.24) is 4.98 Å². The summed E-state index contributed by atoms with van der Waals surface area (Å²) in [5.41, 5.74) is 0.368. The summed E-state index contributed by atoms with van der Waals surface area (Å²) in [4.78, 5) is 3.77. The van der Waals surface area contributed by atoms with Gasteiger partial charge in [0.15, 0.2) is 0 Å². The quantitative estimate of drug-likeness (QED) is 0.797. The van der Waals surface area contributed by atoms with Gasteiger partial charge in [0, 0.05) is 6.07 Å². The van der Waals surface area contributed by atoms with Crippen molar-refractivity contribution in [3.8, 4) is 11.6 Å². The van der Waals surface area contributed by atoms with Gasteiger partial charge in [-0.05, 0) is 5.92 Å². The molecule has 0 saturated heterocycles. The van der Waals surface area contributed by atoms with Gasteiger partial charge in [0.05, 0.1) is 19.8 Å². The molecular weight excluding hydrogens is 216 g/mol. The van der Waals surface area contributed by atoms with Gasteiger partial charge >= 0.3 is 0 Å². The lowest BCUT2D eigenvalue weighted by Crippen LogP contribution is -2.04. The van der Waals surface area contributed by atoms with E-state index in [9.17, 15) is 8.78 Å². The number of hydrogen-bond acceptors (Lipinski definition) is 3. The molecule has 0 bridgehead atoms. The van der Waals surface area contributed by atoms with Crippen molar-refractivity contribution in [2.45, 2.75) is 26.2 Å². The lowest BCUT2D eigenvalue weighted by atomic mass is 10.0. The maximum atomic E-state index is 12.6. The molecule has 1 rings (SSSR count). The normalized spacial score (nSPS) is 11.0. The van der Waals surface area contributed by atoms with Crippen molar-refractivity contribution in [3.63, 3.8) is 0 Å². The summed E-state index contributed by atoms with van der Waals surface area (Å²) >= 11 is 0. The number of pyridine rings is 1. The van der Waals surface area contributed by atoms with Crippen molar-refractivity contribution in [2.24, 2.45) is 0 Å². The van der Waals surface area contributed by atoms with Crippen molar-refractivity contribution >= 4 is 0 Å². The minimum atomic E-state index is -2.64. The Labute approximate surface area is 93.4 Å². The van der Waals surface area contributed by atoms with Crippen LogP contribution >= 0.6 is 0 Å². The number of ether oxygens (including phenoxy) is 2. The zero-order chi connectivity index (χ0) is 12.3. The Morgan fingerprint density at radius 2 is 1.81 bits per heavy atom. The van der Waals surface area contributed by atoms with Gasteiger partial charge in [0.25, 0.3) is 6.43 Å². The molecule has 0 aliphatic rings. The summed E-state index contributed by atoms with van der Waals surface area (Å²) < 4.78 is 35.2. The molecule has 16 heavy (non-hydrogen) atoms. The largest absolute Gasteiger partial charge is 0.496 e. The molecule has 0 spiro atoms. The number of nitrogens with zero attached hydrogens (tertiary/aromatic N) is 1. The minimum Gasteiger partial charge on any atom is -0.496 e. The summed E-state index contributed by atoms with van der Waals surface area (Å²) in [7, 11) is 2.85. The number of rotatable bonds is 4. The van der Waals surface area contributed by atoms with E-state index in [1.54, 1.807) is 0 Å². The molecule has 0 unspecified atom stereocenters. The fourth-order valence-electron chi connectivity index (χ4n) is 1.49. The van der Waals surface area contributed by atoms with Gasteiger partial charge in [0.2, 0.25) is 5.88 Å². The van der Waals surface area contributed by atoms with E-state index in [1.807, 2.05) is 13.8 Å². The maximum Gasteiger partial charge on any atom is 0.280 e. The highest BCUT2D eigenvalue weighted by atomic mass is 19.3. The van der Waals surface area contributed by atoms with Crippen LogP contribution in [0, 0.1) is 0 Å². The Balaban J connectivity index is 3.37. The first kappa shape index (κ1) is 12.7. The minimum absolute atomic E-state index is 0.0872. The van der Waals surface area contributed by atoms with Crippen LogP contribution in [0.1, 0.15) is 37.4 Å². The molecule has 0 atom stereocenters. The third-order valence-electron chi connectivity index (χ3n) is 2.22. The van der Waals surface area contributed by atoms with E-state index in [2.05, 4.69) is 4.98 Å². The Bertz CT molecular complexity index is 342. The molecule has 0 radical (unpaired) electrons. The summed E-state index contributed by atoms with van der Waals surface area (Å²) in [6, 6.07) is 1.25. The van der Waals surface area contributed by atoms with E-state index in [1.165, 1.54) is 20.3 Å². The predicted octanol–water partition coefficient (Wildman–Crippen LogP) is 3.16. The van der Waals surface area contributed by atoms with Gasteiger partial charge in [-0.1, -0.05) is 13.8 Å². The second kappa shape index (κ2) is 5.09. The highest BCUT2D eigenvalue weighted by Gasteiger charge is 2.20. The molecule has 3 nitrogen and oxygen atoms in total. The number of hydrogen-bond donors (Lipinski definition) is 0. The van der Waals surface area contributed by atoms with Crippen LogP contribution in [0.5, 0.6) is 11.6 Å². The van der Waals surface area contributed by atoms with Gasteiger partial charge in [-0.2, -0.15) is 0 Å². The van der Waals surface area contributed by atoms with E-state index in [4.69, 9.17) is 9.47 Å². The first-order valence-corrected chi connectivity index (χ1v) is 4.92. The van der Waals surface area contributed by atoms with Crippen molar-refractivity contribution in [3.05, 3.63) is 17.3 Å². The van der Waals surface area contributed by atoms with Crippen LogP contribution in [0.25, 0.3) is 0 Å². The number of alkyl halides is 2. The molecule has 0 N–H and O–H groups in total. The first-order valence-electron chi connectivity index (χ1n) is 4.92. The monoisotopic (exact) mass is 231 g/mol. The Morgan fingerprint density at radius 3 is 2.19 bits per heavy atom. The van der Waals surface area contributed by atoms with Crippen LogP contribution in [0.15, 0.2) is 6.07 Å².